The second-order valence-corrected chi connectivity index (χ2v) is 5.03. The zero-order valence-corrected chi connectivity index (χ0v) is 10.00. The van der Waals surface area contributed by atoms with Crippen molar-refractivity contribution in [1.29, 1.82) is 0 Å². The molecule has 0 bridgehead atoms. The van der Waals surface area contributed by atoms with Gasteiger partial charge < -0.3 is 0 Å². The van der Waals surface area contributed by atoms with E-state index in [2.05, 4.69) is 10.2 Å². The second-order valence-electron chi connectivity index (χ2n) is 3.83. The van der Waals surface area contributed by atoms with E-state index in [0.29, 0.717) is 5.78 Å². The second kappa shape index (κ2) is 2.91. The van der Waals surface area contributed by atoms with Gasteiger partial charge in [0.1, 0.15) is 11.2 Å². The molecule has 16 heavy (non-hydrogen) atoms. The van der Waals surface area contributed by atoms with E-state index in [0.717, 1.165) is 20.7 Å². The summed E-state index contributed by atoms with van der Waals surface area (Å²) in [5.41, 5.74) is 1.05. The average molecular weight is 234 g/mol. The first-order valence-corrected chi connectivity index (χ1v) is 5.71. The summed E-state index contributed by atoms with van der Waals surface area (Å²) in [6.45, 7) is 4.00. The minimum atomic E-state index is -0.00245. The third-order valence-electron chi connectivity index (χ3n) is 2.93. The Labute approximate surface area is 95.0 Å². The molecule has 0 spiro atoms. The molecule has 0 amide bonds. The summed E-state index contributed by atoms with van der Waals surface area (Å²) in [6.07, 6.45) is 1.65. The van der Waals surface area contributed by atoms with Crippen LogP contribution in [0.2, 0.25) is 0 Å². The summed E-state index contributed by atoms with van der Waals surface area (Å²) in [5, 5.41) is 8.58. The van der Waals surface area contributed by atoms with Crippen LogP contribution < -0.4 is 5.56 Å². The van der Waals surface area contributed by atoms with Crippen molar-refractivity contribution in [2.24, 2.45) is 7.05 Å². The molecule has 3 aromatic rings. The Morgan fingerprint density at radius 2 is 2.12 bits per heavy atom. The van der Waals surface area contributed by atoms with Gasteiger partial charge in [-0.3, -0.25) is 13.8 Å². The summed E-state index contributed by atoms with van der Waals surface area (Å²) < 4.78 is 3.40. The largest absolute Gasteiger partial charge is 0.279 e. The zero-order chi connectivity index (χ0) is 11.4. The lowest BCUT2D eigenvalue weighted by atomic mass is 10.2. The topological polar surface area (TPSA) is 52.2 Å². The van der Waals surface area contributed by atoms with Crippen LogP contribution in [-0.2, 0) is 7.05 Å². The van der Waals surface area contributed by atoms with Gasteiger partial charge >= 0.3 is 0 Å². The van der Waals surface area contributed by atoms with Crippen LogP contribution in [0.4, 0.5) is 0 Å². The molecule has 0 fully saturated rings. The first kappa shape index (κ1) is 9.53. The molecule has 0 unspecified atom stereocenters. The first-order chi connectivity index (χ1) is 7.61. The molecule has 3 rings (SSSR count). The van der Waals surface area contributed by atoms with Crippen molar-refractivity contribution in [2.75, 3.05) is 0 Å². The Morgan fingerprint density at radius 1 is 1.38 bits per heavy atom. The van der Waals surface area contributed by atoms with Gasteiger partial charge in [0.05, 0.1) is 5.39 Å². The van der Waals surface area contributed by atoms with Gasteiger partial charge in [-0.1, -0.05) is 0 Å². The van der Waals surface area contributed by atoms with Gasteiger partial charge in [-0.25, -0.2) is 0 Å². The maximum atomic E-state index is 12.2. The Hall–Kier alpha value is -1.69. The Balaban J connectivity index is 2.77. The van der Waals surface area contributed by atoms with E-state index in [1.807, 2.05) is 18.2 Å². The number of thiophene rings is 1. The van der Waals surface area contributed by atoms with Crippen LogP contribution in [0.1, 0.15) is 10.4 Å². The maximum Gasteiger partial charge on any atom is 0.263 e. The van der Waals surface area contributed by atoms with Crippen LogP contribution >= 0.6 is 11.3 Å². The number of aromatic nitrogens is 4. The van der Waals surface area contributed by atoms with E-state index in [1.165, 1.54) is 4.57 Å². The molecule has 0 aliphatic heterocycles. The van der Waals surface area contributed by atoms with E-state index in [1.54, 1.807) is 24.7 Å². The molecule has 5 nitrogen and oxygen atoms in total. The van der Waals surface area contributed by atoms with Gasteiger partial charge in [0.15, 0.2) is 0 Å². The number of rotatable bonds is 0. The minimum Gasteiger partial charge on any atom is -0.279 e. The van der Waals surface area contributed by atoms with Crippen molar-refractivity contribution in [3.63, 3.8) is 0 Å². The number of hydrogen-bond donors (Lipinski definition) is 0. The van der Waals surface area contributed by atoms with Crippen molar-refractivity contribution in [3.05, 3.63) is 27.1 Å². The van der Waals surface area contributed by atoms with Crippen LogP contribution in [0.3, 0.4) is 0 Å². The summed E-state index contributed by atoms with van der Waals surface area (Å²) >= 11 is 1.61. The molecule has 0 aromatic carbocycles. The number of fused-ring (bicyclic) bond motifs is 3. The molecule has 82 valence electrons. The van der Waals surface area contributed by atoms with Gasteiger partial charge in [-0.15, -0.1) is 21.5 Å². The molecule has 3 heterocycles. The quantitative estimate of drug-likeness (QED) is 0.588. The van der Waals surface area contributed by atoms with Gasteiger partial charge in [-0.2, -0.15) is 0 Å². The normalized spacial score (nSPS) is 11.7. The molecule has 0 saturated heterocycles. The number of nitrogens with zero attached hydrogens (tertiary/aromatic N) is 4. The van der Waals surface area contributed by atoms with Crippen LogP contribution in [0, 0.1) is 13.8 Å². The maximum absolute atomic E-state index is 12.2. The molecule has 6 heteroatoms. The van der Waals surface area contributed by atoms with E-state index < -0.39 is 0 Å². The van der Waals surface area contributed by atoms with Gasteiger partial charge in [0, 0.05) is 11.9 Å². The Bertz CT molecular complexity index is 764. The smallest absolute Gasteiger partial charge is 0.263 e. The fourth-order valence-corrected chi connectivity index (χ4v) is 3.00. The molecular weight excluding hydrogens is 224 g/mol. The van der Waals surface area contributed by atoms with E-state index in [4.69, 9.17) is 0 Å². The van der Waals surface area contributed by atoms with Gasteiger partial charge in [0.2, 0.25) is 5.78 Å². The van der Waals surface area contributed by atoms with Crippen molar-refractivity contribution >= 4 is 27.3 Å². The lowest BCUT2D eigenvalue weighted by molar-refractivity contribution is 0.860. The highest BCUT2D eigenvalue weighted by atomic mass is 32.1. The minimum absolute atomic E-state index is 0.00245. The SMILES string of the molecule is Cc1sc2c(c1C)c(=O)n(C)c1nncn21. The average Bonchev–Trinajstić information content (AvgIpc) is 2.82. The van der Waals surface area contributed by atoms with Crippen LogP contribution in [0.5, 0.6) is 0 Å². The van der Waals surface area contributed by atoms with Crippen molar-refractivity contribution in [1.82, 2.24) is 19.2 Å². The Morgan fingerprint density at radius 3 is 2.88 bits per heavy atom. The lowest BCUT2D eigenvalue weighted by Gasteiger charge is -2.01. The summed E-state index contributed by atoms with van der Waals surface area (Å²) in [5.74, 6) is 0.582. The summed E-state index contributed by atoms with van der Waals surface area (Å²) in [4.78, 5) is 14.3. The molecule has 0 radical (unpaired) electrons. The number of hydrogen-bond acceptors (Lipinski definition) is 4. The summed E-state index contributed by atoms with van der Waals surface area (Å²) in [7, 11) is 1.72. The molecule has 0 aliphatic rings. The first-order valence-electron chi connectivity index (χ1n) is 4.89. The van der Waals surface area contributed by atoms with Gasteiger partial charge in [0.25, 0.3) is 5.56 Å². The predicted molar refractivity (Wildman–Crippen MR) is 63.1 cm³/mol. The van der Waals surface area contributed by atoms with Crippen molar-refractivity contribution in [3.8, 4) is 0 Å². The molecule has 0 atom stereocenters. The third kappa shape index (κ3) is 0.969. The van der Waals surface area contributed by atoms with Crippen molar-refractivity contribution < 1.29 is 0 Å². The van der Waals surface area contributed by atoms with Crippen LogP contribution in [-0.4, -0.2) is 19.2 Å². The van der Waals surface area contributed by atoms with Crippen LogP contribution in [0.25, 0.3) is 16.0 Å². The molecule has 0 aliphatic carbocycles. The molecular formula is C10H10N4OS. The van der Waals surface area contributed by atoms with Crippen molar-refractivity contribution in [2.45, 2.75) is 13.8 Å². The highest BCUT2D eigenvalue weighted by Gasteiger charge is 2.15. The standard InChI is InChI=1S/C10H10N4OS/c1-5-6(2)16-9-7(5)8(15)13(3)10-12-11-4-14(9)10/h4H,1-3H3. The molecule has 0 N–H and O–H groups in total. The fraction of sp³-hybridized carbons (Fsp3) is 0.300. The molecule has 0 saturated carbocycles. The van der Waals surface area contributed by atoms with E-state index in [9.17, 15) is 4.79 Å². The molecule has 3 aromatic heterocycles. The van der Waals surface area contributed by atoms with Crippen LogP contribution in [0.15, 0.2) is 11.1 Å². The fourth-order valence-electron chi connectivity index (χ4n) is 1.89. The Kier molecular flexibility index (Phi) is 1.74. The van der Waals surface area contributed by atoms with E-state index >= 15 is 0 Å². The number of aryl methyl sites for hydroxylation is 3. The van der Waals surface area contributed by atoms with Gasteiger partial charge in [-0.05, 0) is 19.4 Å². The lowest BCUT2D eigenvalue weighted by Crippen LogP contribution is -2.19. The highest BCUT2D eigenvalue weighted by Crippen LogP contribution is 2.27. The third-order valence-corrected chi connectivity index (χ3v) is 4.14. The predicted octanol–water partition coefficient (Wildman–Crippen LogP) is 1.26. The van der Waals surface area contributed by atoms with E-state index in [-0.39, 0.29) is 5.56 Å². The highest BCUT2D eigenvalue weighted by molar-refractivity contribution is 7.18. The summed E-state index contributed by atoms with van der Waals surface area (Å²) in [6, 6.07) is 0. The zero-order valence-electron chi connectivity index (χ0n) is 9.18. The monoisotopic (exact) mass is 234 g/mol.